The summed E-state index contributed by atoms with van der Waals surface area (Å²) < 4.78 is 6.08. The Kier molecular flexibility index (Phi) is 8.00. The Morgan fingerprint density at radius 2 is 1.66 bits per heavy atom. The van der Waals surface area contributed by atoms with Crippen LogP contribution in [-0.4, -0.2) is 6.04 Å². The van der Waals surface area contributed by atoms with Crippen LogP contribution in [0, 0.1) is 6.92 Å². The van der Waals surface area contributed by atoms with Crippen molar-refractivity contribution in [3.05, 3.63) is 99.0 Å². The highest BCUT2D eigenvalue weighted by molar-refractivity contribution is 6.35. The third kappa shape index (κ3) is 6.78. The van der Waals surface area contributed by atoms with Crippen molar-refractivity contribution in [2.24, 2.45) is 0 Å². The smallest absolute Gasteiger partial charge is 0.142 e. The van der Waals surface area contributed by atoms with Gasteiger partial charge in [0, 0.05) is 23.2 Å². The molecule has 0 bridgehead atoms. The zero-order valence-electron chi connectivity index (χ0n) is 16.9. The van der Waals surface area contributed by atoms with Gasteiger partial charge in [-0.05, 0) is 49.9 Å². The summed E-state index contributed by atoms with van der Waals surface area (Å²) in [4.78, 5) is 0. The summed E-state index contributed by atoms with van der Waals surface area (Å²) in [7, 11) is 0. The van der Waals surface area contributed by atoms with E-state index in [4.69, 9.17) is 27.9 Å². The van der Waals surface area contributed by atoms with Crippen molar-refractivity contribution >= 4 is 23.2 Å². The molecule has 1 N–H and O–H groups in total. The van der Waals surface area contributed by atoms with E-state index in [9.17, 15) is 0 Å². The standard InChI is InChI=1S/C25H27Cl2NO/c1-18-8-11-21(12-9-18)17-29-25-22(14-23(26)15-24(25)27)16-28-19(2)10-13-20-6-4-3-5-7-20/h3-9,11-12,14-15,19,28H,10,13,16-17H2,1-2H3. The van der Waals surface area contributed by atoms with E-state index in [0.717, 1.165) is 24.0 Å². The fourth-order valence-corrected chi connectivity index (χ4v) is 3.75. The van der Waals surface area contributed by atoms with Gasteiger partial charge in [0.1, 0.15) is 12.4 Å². The third-order valence-electron chi connectivity index (χ3n) is 4.94. The van der Waals surface area contributed by atoms with E-state index in [2.05, 4.69) is 67.7 Å². The van der Waals surface area contributed by atoms with E-state index in [1.807, 2.05) is 12.1 Å². The molecule has 0 aliphatic heterocycles. The quantitative estimate of drug-likeness (QED) is 0.397. The number of hydrogen-bond donors (Lipinski definition) is 1. The predicted octanol–water partition coefficient (Wildman–Crippen LogP) is 6.99. The van der Waals surface area contributed by atoms with Crippen molar-refractivity contribution < 1.29 is 4.74 Å². The minimum atomic E-state index is 0.359. The van der Waals surface area contributed by atoms with Crippen LogP contribution in [0.1, 0.15) is 35.6 Å². The Bertz CT molecular complexity index is 910. The molecule has 3 aromatic rings. The highest BCUT2D eigenvalue weighted by Crippen LogP contribution is 2.33. The average molecular weight is 428 g/mol. The van der Waals surface area contributed by atoms with Crippen LogP contribution in [-0.2, 0) is 19.6 Å². The van der Waals surface area contributed by atoms with Crippen LogP contribution in [0.25, 0.3) is 0 Å². The number of ether oxygens (including phenoxy) is 1. The number of halogens is 2. The highest BCUT2D eigenvalue weighted by atomic mass is 35.5. The maximum absolute atomic E-state index is 6.45. The molecule has 3 aromatic carbocycles. The molecule has 3 rings (SSSR count). The van der Waals surface area contributed by atoms with Crippen LogP contribution in [0.5, 0.6) is 5.75 Å². The highest BCUT2D eigenvalue weighted by Gasteiger charge is 2.13. The molecule has 152 valence electrons. The van der Waals surface area contributed by atoms with Gasteiger partial charge in [-0.25, -0.2) is 0 Å². The third-order valence-corrected chi connectivity index (χ3v) is 5.44. The second-order valence-electron chi connectivity index (χ2n) is 7.46. The molecule has 0 saturated heterocycles. The second kappa shape index (κ2) is 10.7. The Morgan fingerprint density at radius 3 is 2.38 bits per heavy atom. The van der Waals surface area contributed by atoms with Gasteiger partial charge in [-0.2, -0.15) is 0 Å². The molecule has 0 fully saturated rings. The van der Waals surface area contributed by atoms with Crippen LogP contribution in [0.15, 0.2) is 66.7 Å². The number of rotatable bonds is 9. The summed E-state index contributed by atoms with van der Waals surface area (Å²) >= 11 is 12.7. The maximum Gasteiger partial charge on any atom is 0.142 e. The normalized spacial score (nSPS) is 12.0. The molecule has 4 heteroatoms. The Balaban J connectivity index is 1.60. The number of hydrogen-bond acceptors (Lipinski definition) is 2. The minimum Gasteiger partial charge on any atom is -0.487 e. The van der Waals surface area contributed by atoms with Crippen LogP contribution in [0.3, 0.4) is 0 Å². The first-order chi connectivity index (χ1) is 14.0. The molecule has 0 aliphatic rings. The number of nitrogens with one attached hydrogen (secondary N) is 1. The summed E-state index contributed by atoms with van der Waals surface area (Å²) in [5, 5.41) is 4.73. The molecule has 29 heavy (non-hydrogen) atoms. The molecular formula is C25H27Cl2NO. The largest absolute Gasteiger partial charge is 0.487 e. The van der Waals surface area contributed by atoms with Crippen molar-refractivity contribution in [1.82, 2.24) is 5.32 Å². The van der Waals surface area contributed by atoms with Gasteiger partial charge < -0.3 is 10.1 Å². The van der Waals surface area contributed by atoms with Crippen molar-refractivity contribution in [2.75, 3.05) is 0 Å². The summed E-state index contributed by atoms with van der Waals surface area (Å²) in [6.45, 7) is 5.39. The van der Waals surface area contributed by atoms with Crippen molar-refractivity contribution in [2.45, 2.75) is 45.9 Å². The van der Waals surface area contributed by atoms with Gasteiger partial charge in [-0.1, -0.05) is 83.4 Å². The van der Waals surface area contributed by atoms with E-state index < -0.39 is 0 Å². The fourth-order valence-electron chi connectivity index (χ4n) is 3.16. The number of benzene rings is 3. The van der Waals surface area contributed by atoms with Gasteiger partial charge in [0.05, 0.1) is 5.02 Å². The molecule has 1 atom stereocenters. The first kappa shape index (κ1) is 21.7. The molecule has 0 aliphatic carbocycles. The summed E-state index contributed by atoms with van der Waals surface area (Å²) in [6, 6.07) is 22.9. The van der Waals surface area contributed by atoms with E-state index in [-0.39, 0.29) is 0 Å². The summed E-state index contributed by atoms with van der Waals surface area (Å²) in [5.41, 5.74) is 4.67. The Labute approximate surface area is 183 Å². The fraction of sp³-hybridized carbons (Fsp3) is 0.280. The lowest BCUT2D eigenvalue weighted by atomic mass is 10.1. The van der Waals surface area contributed by atoms with E-state index in [0.29, 0.717) is 35.0 Å². The van der Waals surface area contributed by atoms with E-state index in [1.165, 1.54) is 11.1 Å². The molecule has 0 aromatic heterocycles. The molecule has 0 heterocycles. The summed E-state index contributed by atoms with van der Waals surface area (Å²) in [6.07, 6.45) is 2.10. The SMILES string of the molecule is Cc1ccc(COc2c(Cl)cc(Cl)cc2CNC(C)CCc2ccccc2)cc1. The maximum atomic E-state index is 6.45. The van der Waals surface area contributed by atoms with Gasteiger partial charge in [-0.3, -0.25) is 0 Å². The Hall–Kier alpha value is -2.00. The molecule has 2 nitrogen and oxygen atoms in total. The zero-order valence-corrected chi connectivity index (χ0v) is 18.4. The van der Waals surface area contributed by atoms with E-state index >= 15 is 0 Å². The number of aryl methyl sites for hydroxylation is 2. The molecular weight excluding hydrogens is 401 g/mol. The zero-order chi connectivity index (χ0) is 20.6. The first-order valence-electron chi connectivity index (χ1n) is 9.95. The van der Waals surface area contributed by atoms with Gasteiger partial charge in [0.25, 0.3) is 0 Å². The van der Waals surface area contributed by atoms with Crippen molar-refractivity contribution in [1.29, 1.82) is 0 Å². The van der Waals surface area contributed by atoms with Crippen LogP contribution in [0.2, 0.25) is 10.0 Å². The summed E-state index contributed by atoms with van der Waals surface area (Å²) in [5.74, 6) is 0.694. The van der Waals surface area contributed by atoms with Crippen LogP contribution < -0.4 is 10.1 Å². The monoisotopic (exact) mass is 427 g/mol. The van der Waals surface area contributed by atoms with Crippen molar-refractivity contribution in [3.63, 3.8) is 0 Å². The topological polar surface area (TPSA) is 21.3 Å². The molecule has 1 unspecified atom stereocenters. The lowest BCUT2D eigenvalue weighted by Crippen LogP contribution is -2.26. The van der Waals surface area contributed by atoms with Crippen LogP contribution >= 0.6 is 23.2 Å². The molecule has 0 saturated carbocycles. The lowest BCUT2D eigenvalue weighted by molar-refractivity contribution is 0.301. The molecule has 0 spiro atoms. The van der Waals surface area contributed by atoms with Gasteiger partial charge in [-0.15, -0.1) is 0 Å². The average Bonchev–Trinajstić information content (AvgIpc) is 2.72. The predicted molar refractivity (Wildman–Crippen MR) is 123 cm³/mol. The lowest BCUT2D eigenvalue weighted by Gasteiger charge is -2.18. The van der Waals surface area contributed by atoms with E-state index in [1.54, 1.807) is 6.07 Å². The van der Waals surface area contributed by atoms with Crippen LogP contribution in [0.4, 0.5) is 0 Å². The van der Waals surface area contributed by atoms with Gasteiger partial charge >= 0.3 is 0 Å². The molecule has 0 amide bonds. The van der Waals surface area contributed by atoms with Gasteiger partial charge in [0.15, 0.2) is 0 Å². The molecule has 0 radical (unpaired) electrons. The van der Waals surface area contributed by atoms with Crippen molar-refractivity contribution in [3.8, 4) is 5.75 Å². The second-order valence-corrected chi connectivity index (χ2v) is 8.30. The Morgan fingerprint density at radius 1 is 0.931 bits per heavy atom. The minimum absolute atomic E-state index is 0.359. The first-order valence-corrected chi connectivity index (χ1v) is 10.7. The van der Waals surface area contributed by atoms with Gasteiger partial charge in [0.2, 0.25) is 0 Å².